The number of halogens is 2. The fraction of sp³-hybridized carbons (Fsp3) is 0.393. The molecule has 0 aliphatic carbocycles. The van der Waals surface area contributed by atoms with Crippen LogP contribution in [0.15, 0.2) is 48.7 Å². The standard InChI is InChI=1S/C28H33F2N3O2/c1-6-20(29)8-7-9-25(34)23-16-22(15-10-18(23)2)32-27(35)24-17-31-33(28(3,4)5)26(24)19-11-13-21(30)14-12-19/h10-17,20H,6-9H2,1-5H3,(H,32,35). The Hall–Kier alpha value is -3.35. The zero-order valence-electron chi connectivity index (χ0n) is 21.0. The fourth-order valence-corrected chi connectivity index (χ4v) is 3.93. The number of ketones is 1. The van der Waals surface area contributed by atoms with E-state index in [1.54, 1.807) is 41.9 Å². The highest BCUT2D eigenvalue weighted by Crippen LogP contribution is 2.30. The first-order valence-corrected chi connectivity index (χ1v) is 11.9. The van der Waals surface area contributed by atoms with Gasteiger partial charge in [0, 0.05) is 23.2 Å². The number of carbonyl (C=O) groups is 2. The van der Waals surface area contributed by atoms with Gasteiger partial charge in [0.25, 0.3) is 5.91 Å². The van der Waals surface area contributed by atoms with E-state index in [-0.39, 0.29) is 23.9 Å². The summed E-state index contributed by atoms with van der Waals surface area (Å²) >= 11 is 0. The van der Waals surface area contributed by atoms with E-state index >= 15 is 0 Å². The van der Waals surface area contributed by atoms with Crippen molar-refractivity contribution in [1.82, 2.24) is 9.78 Å². The van der Waals surface area contributed by atoms with Gasteiger partial charge >= 0.3 is 0 Å². The van der Waals surface area contributed by atoms with Crippen LogP contribution in [0.3, 0.4) is 0 Å². The predicted molar refractivity (Wildman–Crippen MR) is 135 cm³/mol. The van der Waals surface area contributed by atoms with E-state index in [0.29, 0.717) is 47.3 Å². The van der Waals surface area contributed by atoms with Crippen molar-refractivity contribution in [2.24, 2.45) is 0 Å². The summed E-state index contributed by atoms with van der Waals surface area (Å²) in [7, 11) is 0. The summed E-state index contributed by atoms with van der Waals surface area (Å²) in [5.74, 6) is -0.824. The highest BCUT2D eigenvalue weighted by atomic mass is 19.1. The molecule has 1 aromatic heterocycles. The smallest absolute Gasteiger partial charge is 0.259 e. The molecule has 5 nitrogen and oxygen atoms in total. The van der Waals surface area contributed by atoms with Crippen LogP contribution in [-0.4, -0.2) is 27.6 Å². The van der Waals surface area contributed by atoms with E-state index in [1.807, 2.05) is 27.7 Å². The molecule has 0 spiro atoms. The minimum absolute atomic E-state index is 0.0746. The number of benzene rings is 2. The summed E-state index contributed by atoms with van der Waals surface area (Å²) in [4.78, 5) is 26.0. The maximum atomic E-state index is 13.5. The molecule has 3 rings (SSSR count). The van der Waals surface area contributed by atoms with Crippen molar-refractivity contribution in [3.05, 3.63) is 71.2 Å². The minimum atomic E-state index is -0.890. The summed E-state index contributed by atoms with van der Waals surface area (Å²) < 4.78 is 28.8. The van der Waals surface area contributed by atoms with Crippen LogP contribution in [0.1, 0.15) is 79.7 Å². The highest BCUT2D eigenvalue weighted by Gasteiger charge is 2.25. The molecule has 0 saturated carbocycles. The number of anilines is 1. The van der Waals surface area contributed by atoms with Crippen molar-refractivity contribution in [2.45, 2.75) is 72.0 Å². The Morgan fingerprint density at radius 1 is 1.09 bits per heavy atom. The number of nitrogens with zero attached hydrogens (tertiary/aromatic N) is 2. The summed E-state index contributed by atoms with van der Waals surface area (Å²) in [6.45, 7) is 9.53. The SMILES string of the molecule is CCC(F)CCCC(=O)c1cc(NC(=O)c2cnn(C(C)(C)C)c2-c2ccc(F)cc2)ccc1C. The van der Waals surface area contributed by atoms with Gasteiger partial charge in [0.05, 0.1) is 29.2 Å². The van der Waals surface area contributed by atoms with Crippen molar-refractivity contribution in [2.75, 3.05) is 5.32 Å². The second-order valence-corrected chi connectivity index (χ2v) is 9.80. The van der Waals surface area contributed by atoms with E-state index in [9.17, 15) is 18.4 Å². The zero-order valence-corrected chi connectivity index (χ0v) is 21.0. The van der Waals surface area contributed by atoms with Gasteiger partial charge in [-0.3, -0.25) is 14.3 Å². The van der Waals surface area contributed by atoms with E-state index in [0.717, 1.165) is 5.56 Å². The molecule has 1 N–H and O–H groups in total. The lowest BCUT2D eigenvalue weighted by atomic mass is 9.99. The zero-order chi connectivity index (χ0) is 25.8. The van der Waals surface area contributed by atoms with Gasteiger partial charge in [0.2, 0.25) is 0 Å². The molecule has 1 atom stereocenters. The number of aromatic nitrogens is 2. The summed E-state index contributed by atoms with van der Waals surface area (Å²) in [5, 5.41) is 7.31. The summed E-state index contributed by atoms with van der Waals surface area (Å²) in [6.07, 6.45) is 2.16. The van der Waals surface area contributed by atoms with Crippen LogP contribution in [-0.2, 0) is 5.54 Å². The molecule has 0 radical (unpaired) electrons. The topological polar surface area (TPSA) is 64.0 Å². The lowest BCUT2D eigenvalue weighted by molar-refractivity contribution is 0.0973. The maximum Gasteiger partial charge on any atom is 0.259 e. The molecule has 1 heterocycles. The average Bonchev–Trinajstić information content (AvgIpc) is 3.26. The molecule has 186 valence electrons. The first kappa shape index (κ1) is 26.3. The number of aryl methyl sites for hydroxylation is 1. The lowest BCUT2D eigenvalue weighted by Crippen LogP contribution is -2.24. The van der Waals surface area contributed by atoms with Crippen LogP contribution in [0.2, 0.25) is 0 Å². The summed E-state index contributed by atoms with van der Waals surface area (Å²) in [5.41, 5.74) is 2.97. The Morgan fingerprint density at radius 3 is 2.40 bits per heavy atom. The van der Waals surface area contributed by atoms with Gasteiger partial charge in [0.15, 0.2) is 5.78 Å². The quantitative estimate of drug-likeness (QED) is 0.331. The second-order valence-electron chi connectivity index (χ2n) is 9.80. The van der Waals surface area contributed by atoms with Gasteiger partial charge < -0.3 is 5.32 Å². The molecule has 2 aromatic carbocycles. The minimum Gasteiger partial charge on any atom is -0.322 e. The maximum absolute atomic E-state index is 13.5. The number of hydrogen-bond acceptors (Lipinski definition) is 3. The lowest BCUT2D eigenvalue weighted by Gasteiger charge is -2.23. The number of rotatable bonds is 9. The fourth-order valence-electron chi connectivity index (χ4n) is 3.93. The van der Waals surface area contributed by atoms with E-state index < -0.39 is 11.7 Å². The first-order valence-electron chi connectivity index (χ1n) is 11.9. The van der Waals surface area contributed by atoms with Gasteiger partial charge in [0.1, 0.15) is 5.82 Å². The van der Waals surface area contributed by atoms with Crippen molar-refractivity contribution >= 4 is 17.4 Å². The van der Waals surface area contributed by atoms with Crippen LogP contribution in [0.25, 0.3) is 11.3 Å². The molecular weight excluding hydrogens is 448 g/mol. The van der Waals surface area contributed by atoms with E-state index in [1.165, 1.54) is 18.3 Å². The van der Waals surface area contributed by atoms with Crippen molar-refractivity contribution in [3.8, 4) is 11.3 Å². The third-order valence-electron chi connectivity index (χ3n) is 5.93. The number of Topliss-reactive ketones (excluding diaryl/α,β-unsaturated/α-hetero) is 1. The second kappa shape index (κ2) is 10.9. The molecule has 0 fully saturated rings. The molecule has 0 aliphatic rings. The molecule has 3 aromatic rings. The molecule has 1 amide bonds. The van der Waals surface area contributed by atoms with Crippen LogP contribution < -0.4 is 5.32 Å². The molecular formula is C28H33F2N3O2. The largest absolute Gasteiger partial charge is 0.322 e. The third kappa shape index (κ3) is 6.41. The molecule has 0 bridgehead atoms. The van der Waals surface area contributed by atoms with Crippen LogP contribution in [0.5, 0.6) is 0 Å². The Morgan fingerprint density at radius 2 is 1.77 bits per heavy atom. The number of carbonyl (C=O) groups excluding carboxylic acids is 2. The van der Waals surface area contributed by atoms with E-state index in [4.69, 9.17) is 0 Å². The number of nitrogens with one attached hydrogen (secondary N) is 1. The van der Waals surface area contributed by atoms with Crippen molar-refractivity contribution in [1.29, 1.82) is 0 Å². The van der Waals surface area contributed by atoms with Gasteiger partial charge in [-0.2, -0.15) is 5.10 Å². The molecule has 1 unspecified atom stereocenters. The van der Waals surface area contributed by atoms with Gasteiger partial charge in [-0.1, -0.05) is 13.0 Å². The number of alkyl halides is 1. The molecule has 35 heavy (non-hydrogen) atoms. The van der Waals surface area contributed by atoms with Crippen LogP contribution in [0.4, 0.5) is 14.5 Å². The first-order chi connectivity index (χ1) is 16.5. The normalized spacial score (nSPS) is 12.4. The average molecular weight is 482 g/mol. The van der Waals surface area contributed by atoms with Crippen LogP contribution in [0, 0.1) is 12.7 Å². The number of hydrogen-bond donors (Lipinski definition) is 1. The summed E-state index contributed by atoms with van der Waals surface area (Å²) in [6, 6.07) is 11.1. The Balaban J connectivity index is 1.86. The number of amides is 1. The predicted octanol–water partition coefficient (Wildman–Crippen LogP) is 7.11. The van der Waals surface area contributed by atoms with Gasteiger partial charge in [-0.15, -0.1) is 0 Å². The Kier molecular flexibility index (Phi) is 8.20. The van der Waals surface area contributed by atoms with Gasteiger partial charge in [-0.05, 0) is 88.9 Å². The van der Waals surface area contributed by atoms with Gasteiger partial charge in [-0.25, -0.2) is 8.78 Å². The molecule has 0 saturated heterocycles. The van der Waals surface area contributed by atoms with Crippen LogP contribution >= 0.6 is 0 Å². The van der Waals surface area contributed by atoms with E-state index in [2.05, 4.69) is 10.4 Å². The molecule has 7 heteroatoms. The Labute approximate surface area is 205 Å². The highest BCUT2D eigenvalue weighted by molar-refractivity contribution is 6.09. The van der Waals surface area contributed by atoms with Crippen molar-refractivity contribution in [3.63, 3.8) is 0 Å². The van der Waals surface area contributed by atoms with Crippen molar-refractivity contribution < 1.29 is 18.4 Å². The third-order valence-corrected chi connectivity index (χ3v) is 5.93. The molecule has 0 aliphatic heterocycles. The monoisotopic (exact) mass is 481 g/mol. The Bertz CT molecular complexity index is 1190.